The van der Waals surface area contributed by atoms with Crippen molar-refractivity contribution < 1.29 is 14.3 Å². The number of benzene rings is 2. The summed E-state index contributed by atoms with van der Waals surface area (Å²) in [5.74, 6) is 0.921. The highest BCUT2D eigenvalue weighted by atomic mass is 16.5. The standard InChI is InChI=1S/C23H21N5O3/c1-30-18-8-6-16(7-9-18)15-31-22-19(21(29)25-12-11-24)14-26-23(27-22)28-13-10-17-4-2-3-5-20(17)28/h2-9,14H,10,12-13,15H2,1H3,(H,25,29). The van der Waals surface area contributed by atoms with Gasteiger partial charge in [-0.3, -0.25) is 4.79 Å². The number of nitrogens with one attached hydrogen (secondary N) is 1. The van der Waals surface area contributed by atoms with Crippen LogP contribution in [0.2, 0.25) is 0 Å². The van der Waals surface area contributed by atoms with Crippen molar-refractivity contribution in [1.82, 2.24) is 15.3 Å². The zero-order valence-corrected chi connectivity index (χ0v) is 17.0. The Balaban J connectivity index is 1.62. The Bertz CT molecular complexity index is 1120. The van der Waals surface area contributed by atoms with Gasteiger partial charge in [-0.15, -0.1) is 0 Å². The first-order valence-corrected chi connectivity index (χ1v) is 9.83. The summed E-state index contributed by atoms with van der Waals surface area (Å²) in [7, 11) is 1.61. The number of para-hydroxylation sites is 1. The molecule has 1 N–H and O–H groups in total. The number of methoxy groups -OCH3 is 1. The third-order valence-corrected chi connectivity index (χ3v) is 4.98. The van der Waals surface area contributed by atoms with Gasteiger partial charge in [0.2, 0.25) is 11.8 Å². The van der Waals surface area contributed by atoms with Crippen LogP contribution in [0.5, 0.6) is 11.6 Å². The minimum absolute atomic E-state index is 0.113. The number of ether oxygens (including phenoxy) is 2. The van der Waals surface area contributed by atoms with Gasteiger partial charge in [-0.05, 0) is 35.7 Å². The highest BCUT2D eigenvalue weighted by Crippen LogP contribution is 2.33. The zero-order valence-electron chi connectivity index (χ0n) is 17.0. The second-order valence-corrected chi connectivity index (χ2v) is 6.90. The van der Waals surface area contributed by atoms with E-state index in [2.05, 4.69) is 21.4 Å². The first-order chi connectivity index (χ1) is 15.2. The maximum atomic E-state index is 12.5. The minimum atomic E-state index is -0.459. The van der Waals surface area contributed by atoms with Gasteiger partial charge in [0.1, 0.15) is 24.5 Å². The molecule has 0 unspecified atom stereocenters. The van der Waals surface area contributed by atoms with Gasteiger partial charge in [0.15, 0.2) is 0 Å². The van der Waals surface area contributed by atoms with E-state index >= 15 is 0 Å². The van der Waals surface area contributed by atoms with Gasteiger partial charge in [0, 0.05) is 18.4 Å². The van der Waals surface area contributed by atoms with Crippen molar-refractivity contribution in [3.05, 3.63) is 71.4 Å². The minimum Gasteiger partial charge on any atom is -0.497 e. The number of rotatable bonds is 7. The predicted octanol–water partition coefficient (Wildman–Crippen LogP) is 3.01. The van der Waals surface area contributed by atoms with Crippen LogP contribution in [0.25, 0.3) is 0 Å². The van der Waals surface area contributed by atoms with E-state index in [9.17, 15) is 4.79 Å². The van der Waals surface area contributed by atoms with E-state index < -0.39 is 5.91 Å². The van der Waals surface area contributed by atoms with Gasteiger partial charge in [0.25, 0.3) is 5.91 Å². The fourth-order valence-electron chi connectivity index (χ4n) is 3.39. The quantitative estimate of drug-likeness (QED) is 0.592. The number of hydrogen-bond acceptors (Lipinski definition) is 7. The summed E-state index contributed by atoms with van der Waals surface area (Å²) >= 11 is 0. The van der Waals surface area contributed by atoms with Crippen molar-refractivity contribution in [2.45, 2.75) is 13.0 Å². The third kappa shape index (κ3) is 4.41. The van der Waals surface area contributed by atoms with E-state index in [1.165, 1.54) is 11.8 Å². The van der Waals surface area contributed by atoms with E-state index in [0.29, 0.717) is 5.95 Å². The number of nitriles is 1. The Morgan fingerprint density at radius 1 is 1.23 bits per heavy atom. The van der Waals surface area contributed by atoms with Crippen molar-refractivity contribution in [2.24, 2.45) is 0 Å². The van der Waals surface area contributed by atoms with Crippen LogP contribution < -0.4 is 19.7 Å². The molecule has 0 aliphatic carbocycles. The molecule has 1 amide bonds. The molecular weight excluding hydrogens is 394 g/mol. The van der Waals surface area contributed by atoms with Gasteiger partial charge >= 0.3 is 0 Å². The average Bonchev–Trinajstić information content (AvgIpc) is 3.25. The number of anilines is 2. The fourth-order valence-corrected chi connectivity index (χ4v) is 3.39. The summed E-state index contributed by atoms with van der Waals surface area (Å²) in [5.41, 5.74) is 3.35. The fraction of sp³-hybridized carbons (Fsp3) is 0.217. The smallest absolute Gasteiger partial charge is 0.259 e. The average molecular weight is 415 g/mol. The second kappa shape index (κ2) is 9.13. The number of aromatic nitrogens is 2. The molecule has 1 aliphatic rings. The largest absolute Gasteiger partial charge is 0.497 e. The first kappa shape index (κ1) is 20.2. The topological polar surface area (TPSA) is 100 Å². The molecule has 1 aliphatic heterocycles. The van der Waals surface area contributed by atoms with Crippen LogP contribution >= 0.6 is 0 Å². The number of carbonyl (C=O) groups is 1. The maximum absolute atomic E-state index is 12.5. The number of fused-ring (bicyclic) bond motifs is 1. The molecule has 0 saturated heterocycles. The molecule has 3 aromatic rings. The van der Waals surface area contributed by atoms with Crippen molar-refractivity contribution in [1.29, 1.82) is 5.26 Å². The number of carbonyl (C=O) groups excluding carboxylic acids is 1. The Labute approximate surface area is 180 Å². The SMILES string of the molecule is COc1ccc(COc2nc(N3CCc4ccccc43)ncc2C(=O)NCC#N)cc1. The number of nitrogens with zero attached hydrogens (tertiary/aromatic N) is 4. The molecule has 0 atom stereocenters. The Morgan fingerprint density at radius 3 is 2.81 bits per heavy atom. The van der Waals surface area contributed by atoms with Crippen molar-refractivity contribution in [2.75, 3.05) is 25.1 Å². The molecule has 2 aromatic carbocycles. The van der Waals surface area contributed by atoms with Crippen LogP contribution in [-0.4, -0.2) is 36.1 Å². The summed E-state index contributed by atoms with van der Waals surface area (Å²) in [6, 6.07) is 17.4. The lowest BCUT2D eigenvalue weighted by Gasteiger charge is -2.19. The number of amides is 1. The second-order valence-electron chi connectivity index (χ2n) is 6.90. The van der Waals surface area contributed by atoms with Crippen LogP contribution in [-0.2, 0) is 13.0 Å². The molecule has 8 heteroatoms. The van der Waals surface area contributed by atoms with E-state index in [0.717, 1.165) is 30.0 Å². The van der Waals surface area contributed by atoms with Gasteiger partial charge < -0.3 is 19.7 Å². The lowest BCUT2D eigenvalue weighted by atomic mass is 10.2. The highest BCUT2D eigenvalue weighted by molar-refractivity contribution is 5.96. The Morgan fingerprint density at radius 2 is 2.03 bits per heavy atom. The van der Waals surface area contributed by atoms with Gasteiger partial charge in [-0.1, -0.05) is 30.3 Å². The van der Waals surface area contributed by atoms with E-state index in [-0.39, 0.29) is 24.6 Å². The van der Waals surface area contributed by atoms with E-state index in [1.54, 1.807) is 7.11 Å². The van der Waals surface area contributed by atoms with Crippen molar-refractivity contribution >= 4 is 17.5 Å². The molecule has 0 spiro atoms. The van der Waals surface area contributed by atoms with Crippen LogP contribution in [0.3, 0.4) is 0 Å². The van der Waals surface area contributed by atoms with Crippen LogP contribution in [0.4, 0.5) is 11.6 Å². The highest BCUT2D eigenvalue weighted by Gasteiger charge is 2.24. The first-order valence-electron chi connectivity index (χ1n) is 9.83. The molecule has 4 rings (SSSR count). The molecule has 156 valence electrons. The monoisotopic (exact) mass is 415 g/mol. The lowest BCUT2D eigenvalue weighted by Crippen LogP contribution is -2.25. The van der Waals surface area contributed by atoms with Crippen LogP contribution in [0.1, 0.15) is 21.5 Å². The van der Waals surface area contributed by atoms with Crippen LogP contribution in [0.15, 0.2) is 54.7 Å². The lowest BCUT2D eigenvalue weighted by molar-refractivity contribution is 0.0952. The summed E-state index contributed by atoms with van der Waals surface area (Å²) in [4.78, 5) is 23.5. The Kier molecular flexibility index (Phi) is 5.94. The van der Waals surface area contributed by atoms with Gasteiger partial charge in [-0.2, -0.15) is 10.2 Å². The maximum Gasteiger partial charge on any atom is 0.259 e. The summed E-state index contributed by atoms with van der Waals surface area (Å²) in [6.45, 7) is 0.852. The molecule has 0 bridgehead atoms. The molecule has 8 nitrogen and oxygen atoms in total. The zero-order chi connectivity index (χ0) is 21.6. The summed E-state index contributed by atoms with van der Waals surface area (Å²) in [5, 5.41) is 11.3. The summed E-state index contributed by atoms with van der Waals surface area (Å²) in [6.07, 6.45) is 2.34. The van der Waals surface area contributed by atoms with E-state index in [4.69, 9.17) is 14.7 Å². The molecule has 2 heterocycles. The van der Waals surface area contributed by atoms with Crippen LogP contribution in [0, 0.1) is 11.3 Å². The van der Waals surface area contributed by atoms with Gasteiger partial charge in [0.05, 0.1) is 13.2 Å². The van der Waals surface area contributed by atoms with Crippen molar-refractivity contribution in [3.8, 4) is 17.7 Å². The predicted molar refractivity (Wildman–Crippen MR) is 114 cm³/mol. The Hall–Kier alpha value is -4.12. The summed E-state index contributed by atoms with van der Waals surface area (Å²) < 4.78 is 11.1. The molecule has 0 radical (unpaired) electrons. The normalized spacial score (nSPS) is 12.1. The van der Waals surface area contributed by atoms with Gasteiger partial charge in [-0.25, -0.2) is 4.98 Å². The molecule has 0 fully saturated rings. The molecule has 1 aromatic heterocycles. The van der Waals surface area contributed by atoms with E-state index in [1.807, 2.05) is 53.4 Å². The third-order valence-electron chi connectivity index (χ3n) is 4.98. The molecular formula is C23H21N5O3. The van der Waals surface area contributed by atoms with Crippen molar-refractivity contribution in [3.63, 3.8) is 0 Å². The number of hydrogen-bond donors (Lipinski definition) is 1. The molecule has 0 saturated carbocycles. The molecule has 31 heavy (non-hydrogen) atoms.